The third kappa shape index (κ3) is 4.30. The van der Waals surface area contributed by atoms with Crippen LogP contribution < -0.4 is 11.1 Å². The summed E-state index contributed by atoms with van der Waals surface area (Å²) in [6, 6.07) is 18.9. The van der Waals surface area contributed by atoms with Crippen LogP contribution in [0, 0.1) is 0 Å². The SMILES string of the molecule is NCCC(Cc1ccccc1)Nc1nnc(-c2ccc3cnccc3c2)s1. The van der Waals surface area contributed by atoms with Crippen LogP contribution in [0.15, 0.2) is 67.0 Å². The van der Waals surface area contributed by atoms with E-state index in [0.717, 1.165) is 39.3 Å². The number of anilines is 1. The summed E-state index contributed by atoms with van der Waals surface area (Å²) in [4.78, 5) is 4.16. The Morgan fingerprint density at radius 1 is 1.00 bits per heavy atom. The molecule has 4 rings (SSSR count). The van der Waals surface area contributed by atoms with Crippen LogP contribution in [0.2, 0.25) is 0 Å². The normalized spacial score (nSPS) is 12.2. The van der Waals surface area contributed by atoms with Gasteiger partial charge in [0.25, 0.3) is 0 Å². The summed E-state index contributed by atoms with van der Waals surface area (Å²) in [6.07, 6.45) is 5.47. The molecule has 6 heteroatoms. The average molecular weight is 376 g/mol. The second-order valence-corrected chi connectivity index (χ2v) is 7.44. The Bertz CT molecular complexity index is 1020. The number of benzene rings is 2. The number of rotatable bonds is 7. The van der Waals surface area contributed by atoms with Crippen molar-refractivity contribution < 1.29 is 0 Å². The maximum Gasteiger partial charge on any atom is 0.206 e. The van der Waals surface area contributed by atoms with Gasteiger partial charge in [0.1, 0.15) is 5.01 Å². The van der Waals surface area contributed by atoms with E-state index in [4.69, 9.17) is 5.73 Å². The van der Waals surface area contributed by atoms with E-state index in [2.05, 4.69) is 63.0 Å². The van der Waals surface area contributed by atoms with Gasteiger partial charge in [0.05, 0.1) is 0 Å². The number of nitrogens with two attached hydrogens (primary N) is 1. The molecule has 27 heavy (non-hydrogen) atoms. The highest BCUT2D eigenvalue weighted by Gasteiger charge is 2.13. The predicted octanol–water partition coefficient (Wildman–Crippen LogP) is 4.13. The molecule has 0 aliphatic carbocycles. The van der Waals surface area contributed by atoms with Gasteiger partial charge in [0.2, 0.25) is 5.13 Å². The van der Waals surface area contributed by atoms with Crippen molar-refractivity contribution >= 4 is 27.2 Å². The molecule has 3 N–H and O–H groups in total. The van der Waals surface area contributed by atoms with Crippen LogP contribution in [-0.4, -0.2) is 27.8 Å². The number of hydrogen-bond acceptors (Lipinski definition) is 6. The molecule has 2 aromatic carbocycles. The number of nitrogens with one attached hydrogen (secondary N) is 1. The van der Waals surface area contributed by atoms with Gasteiger partial charge < -0.3 is 11.1 Å². The summed E-state index contributed by atoms with van der Waals surface area (Å²) in [5.41, 5.74) is 8.16. The molecule has 0 radical (unpaired) electrons. The molecule has 0 amide bonds. The molecule has 0 bridgehead atoms. The molecule has 136 valence electrons. The summed E-state index contributed by atoms with van der Waals surface area (Å²) >= 11 is 1.57. The summed E-state index contributed by atoms with van der Waals surface area (Å²) < 4.78 is 0. The monoisotopic (exact) mass is 375 g/mol. The fourth-order valence-corrected chi connectivity index (χ4v) is 3.93. The third-order valence-corrected chi connectivity index (χ3v) is 5.38. The second-order valence-electron chi connectivity index (χ2n) is 6.46. The van der Waals surface area contributed by atoms with Gasteiger partial charge in [0, 0.05) is 29.4 Å². The Labute approximate surface area is 162 Å². The van der Waals surface area contributed by atoms with E-state index >= 15 is 0 Å². The zero-order valence-electron chi connectivity index (χ0n) is 14.9. The molecule has 0 saturated carbocycles. The lowest BCUT2D eigenvalue weighted by Crippen LogP contribution is -2.25. The first-order valence-corrected chi connectivity index (χ1v) is 9.81. The number of aromatic nitrogens is 3. The molecule has 1 unspecified atom stereocenters. The van der Waals surface area contributed by atoms with Gasteiger partial charge in [-0.15, -0.1) is 10.2 Å². The molecular weight excluding hydrogens is 354 g/mol. The highest BCUT2D eigenvalue weighted by atomic mass is 32.1. The highest BCUT2D eigenvalue weighted by molar-refractivity contribution is 7.18. The number of pyridine rings is 1. The first-order chi connectivity index (χ1) is 13.3. The van der Waals surface area contributed by atoms with Gasteiger partial charge in [-0.25, -0.2) is 0 Å². The molecule has 2 aromatic heterocycles. The fraction of sp³-hybridized carbons (Fsp3) is 0.190. The van der Waals surface area contributed by atoms with Gasteiger partial charge in [-0.1, -0.05) is 53.8 Å². The van der Waals surface area contributed by atoms with Crippen LogP contribution in [0.4, 0.5) is 5.13 Å². The molecule has 0 fully saturated rings. The maximum absolute atomic E-state index is 5.81. The largest absolute Gasteiger partial charge is 0.357 e. The minimum atomic E-state index is 0.237. The smallest absolute Gasteiger partial charge is 0.206 e. The van der Waals surface area contributed by atoms with Gasteiger partial charge in [-0.2, -0.15) is 0 Å². The minimum Gasteiger partial charge on any atom is -0.357 e. The van der Waals surface area contributed by atoms with Crippen LogP contribution in [0.5, 0.6) is 0 Å². The van der Waals surface area contributed by atoms with Crippen LogP contribution >= 0.6 is 11.3 Å². The molecule has 0 aliphatic heterocycles. The molecule has 0 aliphatic rings. The number of hydrogen-bond donors (Lipinski definition) is 2. The highest BCUT2D eigenvalue weighted by Crippen LogP contribution is 2.29. The molecule has 2 heterocycles. The third-order valence-electron chi connectivity index (χ3n) is 4.48. The Hall–Kier alpha value is -2.83. The van der Waals surface area contributed by atoms with Crippen LogP contribution in [0.25, 0.3) is 21.3 Å². The number of nitrogens with zero attached hydrogens (tertiary/aromatic N) is 3. The Morgan fingerprint density at radius 2 is 1.89 bits per heavy atom. The number of fused-ring (bicyclic) bond motifs is 1. The van der Waals surface area contributed by atoms with Crippen LogP contribution in [-0.2, 0) is 6.42 Å². The molecule has 4 aromatic rings. The zero-order valence-corrected chi connectivity index (χ0v) is 15.7. The van der Waals surface area contributed by atoms with E-state index in [-0.39, 0.29) is 6.04 Å². The summed E-state index contributed by atoms with van der Waals surface area (Å²) in [6.45, 7) is 0.634. The second kappa shape index (κ2) is 8.24. The van der Waals surface area contributed by atoms with Crippen molar-refractivity contribution in [2.45, 2.75) is 18.9 Å². The van der Waals surface area contributed by atoms with Crippen molar-refractivity contribution in [2.24, 2.45) is 5.73 Å². The predicted molar refractivity (Wildman–Crippen MR) is 112 cm³/mol. The van der Waals surface area contributed by atoms with Crippen molar-refractivity contribution in [3.05, 3.63) is 72.6 Å². The van der Waals surface area contributed by atoms with Gasteiger partial charge >= 0.3 is 0 Å². The Kier molecular flexibility index (Phi) is 5.37. The molecule has 1 atom stereocenters. The first kappa shape index (κ1) is 17.6. The van der Waals surface area contributed by atoms with Gasteiger partial charge in [-0.3, -0.25) is 4.98 Å². The van der Waals surface area contributed by atoms with E-state index in [9.17, 15) is 0 Å². The lowest BCUT2D eigenvalue weighted by Gasteiger charge is -2.17. The standard InChI is InChI=1S/C21H21N5S/c22-10-8-19(12-15-4-2-1-3-5-15)24-21-26-25-20(27-21)17-6-7-18-14-23-11-9-16(18)13-17/h1-7,9,11,13-14,19H,8,10,12,22H2,(H,24,26). The zero-order chi connectivity index (χ0) is 18.5. The maximum atomic E-state index is 5.81. The Morgan fingerprint density at radius 3 is 2.74 bits per heavy atom. The summed E-state index contributed by atoms with van der Waals surface area (Å²) in [5.74, 6) is 0. The van der Waals surface area contributed by atoms with Crippen LogP contribution in [0.3, 0.4) is 0 Å². The minimum absolute atomic E-state index is 0.237. The first-order valence-electron chi connectivity index (χ1n) is 9.00. The molecular formula is C21H21N5S. The quantitative estimate of drug-likeness (QED) is 0.508. The molecule has 0 saturated heterocycles. The Balaban J connectivity index is 1.51. The van der Waals surface area contributed by atoms with E-state index in [0.29, 0.717) is 6.54 Å². The average Bonchev–Trinajstić information content (AvgIpc) is 3.17. The lowest BCUT2D eigenvalue weighted by molar-refractivity contribution is 0.656. The lowest BCUT2D eigenvalue weighted by atomic mass is 10.0. The van der Waals surface area contributed by atoms with Crippen LogP contribution in [0.1, 0.15) is 12.0 Å². The van der Waals surface area contributed by atoms with Crippen molar-refractivity contribution in [3.8, 4) is 10.6 Å². The van der Waals surface area contributed by atoms with Gasteiger partial charge in [0.15, 0.2) is 0 Å². The van der Waals surface area contributed by atoms with Crippen molar-refractivity contribution in [2.75, 3.05) is 11.9 Å². The summed E-state index contributed by atoms with van der Waals surface area (Å²) in [7, 11) is 0. The van der Waals surface area contributed by atoms with Gasteiger partial charge in [-0.05, 0) is 42.5 Å². The topological polar surface area (TPSA) is 76.7 Å². The summed E-state index contributed by atoms with van der Waals surface area (Å²) in [5, 5.41) is 16.2. The molecule has 0 spiro atoms. The fourth-order valence-electron chi connectivity index (χ4n) is 3.11. The van der Waals surface area contributed by atoms with E-state index in [1.807, 2.05) is 18.3 Å². The van der Waals surface area contributed by atoms with Crippen molar-refractivity contribution in [1.29, 1.82) is 0 Å². The van der Waals surface area contributed by atoms with E-state index in [1.165, 1.54) is 5.56 Å². The van der Waals surface area contributed by atoms with Crippen molar-refractivity contribution in [3.63, 3.8) is 0 Å². The van der Waals surface area contributed by atoms with E-state index < -0.39 is 0 Å². The van der Waals surface area contributed by atoms with E-state index in [1.54, 1.807) is 17.5 Å². The van der Waals surface area contributed by atoms with Crippen molar-refractivity contribution in [1.82, 2.24) is 15.2 Å². The molecule has 5 nitrogen and oxygen atoms in total.